The molecular weight excluding hydrogens is 440 g/mol. The molecule has 0 saturated carbocycles. The molecule has 32 heavy (non-hydrogen) atoms. The number of ketones is 1. The van der Waals surface area contributed by atoms with Gasteiger partial charge in [0.05, 0.1) is 12.1 Å². The first-order chi connectivity index (χ1) is 14.9. The smallest absolute Gasteiger partial charge is 0.334 e. The van der Waals surface area contributed by atoms with Crippen molar-refractivity contribution in [1.82, 2.24) is 0 Å². The monoisotopic (exact) mass is 484 g/mol. The van der Waals surface area contributed by atoms with Crippen LogP contribution in [0.1, 0.15) is 85.5 Å². The minimum atomic E-state index is -2.08. The molecule has 0 saturated heterocycles. The third-order valence-electron chi connectivity index (χ3n) is 5.97. The van der Waals surface area contributed by atoms with Crippen LogP contribution in [0.5, 0.6) is 0 Å². The molecule has 0 aromatic heterocycles. The first kappa shape index (κ1) is 29.1. The number of halogens is 1. The van der Waals surface area contributed by atoms with Crippen LogP contribution in [0.25, 0.3) is 0 Å². The van der Waals surface area contributed by atoms with Gasteiger partial charge in [-0.15, -0.1) is 0 Å². The molecule has 184 valence electrons. The van der Waals surface area contributed by atoms with E-state index >= 15 is 0 Å². The van der Waals surface area contributed by atoms with Crippen LogP contribution in [0.15, 0.2) is 22.3 Å². The van der Waals surface area contributed by atoms with Gasteiger partial charge in [0.25, 0.3) is 0 Å². The molecule has 4 nitrogen and oxygen atoms in total. The van der Waals surface area contributed by atoms with Crippen LogP contribution >= 0.6 is 11.6 Å². The molecule has 0 amide bonds. The largest absolute Gasteiger partial charge is 0.466 e. The highest BCUT2D eigenvalue weighted by atomic mass is 35.5. The molecule has 1 rings (SSSR count). The zero-order chi connectivity index (χ0) is 24.5. The van der Waals surface area contributed by atoms with Gasteiger partial charge in [-0.3, -0.25) is 4.79 Å². The highest BCUT2D eigenvalue weighted by Crippen LogP contribution is 2.44. The summed E-state index contributed by atoms with van der Waals surface area (Å²) in [6, 6.07) is 0. The van der Waals surface area contributed by atoms with Gasteiger partial charge in [0.15, 0.2) is 8.32 Å². The predicted octanol–water partition coefficient (Wildman–Crippen LogP) is 7.57. The van der Waals surface area contributed by atoms with E-state index in [0.29, 0.717) is 35.8 Å². The Labute approximate surface area is 202 Å². The maximum absolute atomic E-state index is 13.3. The van der Waals surface area contributed by atoms with Gasteiger partial charge in [-0.2, -0.15) is 0 Å². The van der Waals surface area contributed by atoms with Crippen molar-refractivity contribution in [2.45, 2.75) is 111 Å². The number of carbonyl (C=O) groups excluding carboxylic acids is 2. The lowest BCUT2D eigenvalue weighted by Crippen LogP contribution is -2.43. The molecule has 1 aliphatic carbocycles. The fourth-order valence-electron chi connectivity index (χ4n) is 4.41. The molecule has 6 heteroatoms. The van der Waals surface area contributed by atoms with E-state index in [9.17, 15) is 9.59 Å². The van der Waals surface area contributed by atoms with E-state index < -0.39 is 19.9 Å². The first-order valence-corrected chi connectivity index (χ1v) is 16.1. The number of esters is 1. The van der Waals surface area contributed by atoms with Gasteiger partial charge in [-0.05, 0) is 63.2 Å². The minimum absolute atomic E-state index is 0.155. The molecular formula is C26H45ClO4Si. The Morgan fingerprint density at radius 2 is 1.75 bits per heavy atom. The second kappa shape index (κ2) is 13.1. The molecule has 0 bridgehead atoms. The highest BCUT2D eigenvalue weighted by Gasteiger charge is 2.48. The van der Waals surface area contributed by atoms with Crippen molar-refractivity contribution in [1.29, 1.82) is 0 Å². The second-order valence-corrected chi connectivity index (χ2v) is 15.5. The Kier molecular flexibility index (Phi) is 11.9. The average molecular weight is 485 g/mol. The van der Waals surface area contributed by atoms with Crippen LogP contribution in [-0.4, -0.2) is 32.8 Å². The van der Waals surface area contributed by atoms with Crippen LogP contribution in [0.4, 0.5) is 0 Å². The summed E-state index contributed by atoms with van der Waals surface area (Å²) in [5.74, 6) is 0.479. The third-order valence-corrected chi connectivity index (χ3v) is 7.22. The number of hydrogen-bond donors (Lipinski definition) is 0. The maximum atomic E-state index is 13.3. The lowest BCUT2D eigenvalue weighted by molar-refractivity contribution is -0.136. The van der Waals surface area contributed by atoms with Crippen molar-refractivity contribution in [3.8, 4) is 0 Å². The van der Waals surface area contributed by atoms with Crippen molar-refractivity contribution >= 4 is 31.7 Å². The molecule has 1 aliphatic rings. The van der Waals surface area contributed by atoms with E-state index in [1.54, 1.807) is 6.08 Å². The Morgan fingerprint density at radius 3 is 2.28 bits per heavy atom. The van der Waals surface area contributed by atoms with Crippen LogP contribution in [-0.2, 0) is 18.8 Å². The van der Waals surface area contributed by atoms with E-state index in [1.165, 1.54) is 20.0 Å². The standard InChI is InChI=1S/C26H45ClO4Si/c1-9-10-11-15-21(25(29)30-5)23-24(28)22(27)18-26(23,31-32(6,7)8)17-16-20(4)14-12-13-19(2)3/h18-20H,9-17H2,1-8H3/b23-21+. The number of hydrogen-bond acceptors (Lipinski definition) is 4. The topological polar surface area (TPSA) is 52.6 Å². The number of methoxy groups -OCH3 is 1. The van der Waals surface area contributed by atoms with Crippen molar-refractivity contribution < 1.29 is 18.8 Å². The number of Topliss-reactive ketones (excluding diaryl/α,β-unsaturated/α-hetero) is 1. The molecule has 0 radical (unpaired) electrons. The summed E-state index contributed by atoms with van der Waals surface area (Å²) in [5.41, 5.74) is -0.0912. The molecule has 2 unspecified atom stereocenters. The molecule has 0 aliphatic heterocycles. The summed E-state index contributed by atoms with van der Waals surface area (Å²) >= 11 is 6.42. The van der Waals surface area contributed by atoms with Gasteiger partial charge in [-0.25, -0.2) is 4.79 Å². The van der Waals surface area contributed by atoms with Gasteiger partial charge in [0.2, 0.25) is 5.78 Å². The Balaban J connectivity index is 3.36. The molecule has 2 atom stereocenters. The molecule has 0 fully saturated rings. The zero-order valence-corrected chi connectivity index (χ0v) is 23.4. The summed E-state index contributed by atoms with van der Waals surface area (Å²) in [6.07, 6.45) is 10.2. The summed E-state index contributed by atoms with van der Waals surface area (Å²) in [6.45, 7) is 15.2. The van der Waals surface area contributed by atoms with Gasteiger partial charge in [0.1, 0.15) is 5.60 Å². The van der Waals surface area contributed by atoms with Crippen molar-refractivity contribution in [2.75, 3.05) is 7.11 Å². The van der Waals surface area contributed by atoms with E-state index in [1.807, 2.05) is 0 Å². The first-order valence-electron chi connectivity index (χ1n) is 12.3. The Morgan fingerprint density at radius 1 is 1.09 bits per heavy atom. The number of unbranched alkanes of at least 4 members (excludes halogenated alkanes) is 2. The fraction of sp³-hybridized carbons (Fsp3) is 0.769. The number of ether oxygens (including phenoxy) is 1. The van der Waals surface area contributed by atoms with Gasteiger partial charge >= 0.3 is 5.97 Å². The average Bonchev–Trinajstić information content (AvgIpc) is 2.91. The van der Waals surface area contributed by atoms with Crippen LogP contribution in [0, 0.1) is 11.8 Å². The van der Waals surface area contributed by atoms with Crippen molar-refractivity contribution in [3.05, 3.63) is 22.3 Å². The number of allylic oxidation sites excluding steroid dienone is 1. The summed E-state index contributed by atoms with van der Waals surface area (Å²) in [4.78, 5) is 26.1. The van der Waals surface area contributed by atoms with Gasteiger partial charge < -0.3 is 9.16 Å². The molecule has 0 spiro atoms. The lowest BCUT2D eigenvalue weighted by atomic mass is 9.83. The van der Waals surface area contributed by atoms with Crippen molar-refractivity contribution in [3.63, 3.8) is 0 Å². The predicted molar refractivity (Wildman–Crippen MR) is 136 cm³/mol. The van der Waals surface area contributed by atoms with Crippen LogP contribution in [0.2, 0.25) is 19.6 Å². The van der Waals surface area contributed by atoms with E-state index in [0.717, 1.165) is 32.1 Å². The number of carbonyl (C=O) groups is 2. The lowest BCUT2D eigenvalue weighted by Gasteiger charge is -2.37. The molecule has 0 heterocycles. The van der Waals surface area contributed by atoms with Gasteiger partial charge in [-0.1, -0.05) is 71.4 Å². The Hall–Kier alpha value is -0.913. The molecule has 0 aromatic carbocycles. The quantitative estimate of drug-likeness (QED) is 0.110. The third kappa shape index (κ3) is 8.79. The second-order valence-electron chi connectivity index (χ2n) is 10.7. The Bertz CT molecular complexity index is 705. The van der Waals surface area contributed by atoms with Crippen LogP contribution < -0.4 is 0 Å². The normalized spacial score (nSPS) is 21.7. The summed E-state index contributed by atoms with van der Waals surface area (Å²) in [7, 11) is -0.709. The van der Waals surface area contributed by atoms with E-state index in [-0.39, 0.29) is 10.8 Å². The fourth-order valence-corrected chi connectivity index (χ4v) is 6.03. The minimum Gasteiger partial charge on any atom is -0.466 e. The summed E-state index contributed by atoms with van der Waals surface area (Å²) in [5, 5.41) is 0.155. The summed E-state index contributed by atoms with van der Waals surface area (Å²) < 4.78 is 11.8. The maximum Gasteiger partial charge on any atom is 0.334 e. The van der Waals surface area contributed by atoms with E-state index in [4.69, 9.17) is 20.8 Å². The highest BCUT2D eigenvalue weighted by molar-refractivity contribution is 6.70. The van der Waals surface area contributed by atoms with Crippen LogP contribution in [0.3, 0.4) is 0 Å². The molecule has 0 aromatic rings. The zero-order valence-electron chi connectivity index (χ0n) is 21.6. The number of rotatable bonds is 14. The van der Waals surface area contributed by atoms with Gasteiger partial charge in [0, 0.05) is 11.1 Å². The SMILES string of the molecule is CCCCC/C(C(=O)OC)=C1/C(=O)C(Cl)=CC1(CCC(C)CCCC(C)C)O[Si](C)(C)C. The van der Waals surface area contributed by atoms with E-state index in [2.05, 4.69) is 47.3 Å². The molecule has 0 N–H and O–H groups in total. The van der Waals surface area contributed by atoms with Crippen molar-refractivity contribution in [2.24, 2.45) is 11.8 Å².